The van der Waals surface area contributed by atoms with Crippen molar-refractivity contribution in [3.05, 3.63) is 138 Å². The van der Waals surface area contributed by atoms with Crippen molar-refractivity contribution < 1.29 is 36.7 Å². The summed E-state index contributed by atoms with van der Waals surface area (Å²) < 4.78 is 62.9. The van der Waals surface area contributed by atoms with Gasteiger partial charge in [-0.1, -0.05) is 19.3 Å². The fourth-order valence-corrected chi connectivity index (χ4v) is 15.5. The zero-order valence-corrected chi connectivity index (χ0v) is 33.0. The molecule has 1 spiro atoms. The molecule has 0 radical (unpaired) electrons. The molecule has 8 aromatic rings. The maximum Gasteiger partial charge on any atom is 0.197 e. The van der Waals surface area contributed by atoms with Gasteiger partial charge in [0.15, 0.2) is 46.4 Å². The number of hydrogen-bond donors (Lipinski definition) is 0. The van der Waals surface area contributed by atoms with Crippen LogP contribution in [0.25, 0.3) is 61.9 Å². The third-order valence-electron chi connectivity index (χ3n) is 12.2. The van der Waals surface area contributed by atoms with Gasteiger partial charge in [0.2, 0.25) is 0 Å². The largest absolute Gasteiger partial charge is 0.288 e. The average Bonchev–Trinajstić information content (AvgIpc) is 4.05. The van der Waals surface area contributed by atoms with Crippen molar-refractivity contribution in [2.45, 2.75) is 37.5 Å². The van der Waals surface area contributed by atoms with Crippen LogP contribution in [0.1, 0.15) is 88.9 Å². The van der Waals surface area contributed by atoms with E-state index >= 15 is 0 Å². The fourth-order valence-electron chi connectivity index (χ4n) is 9.52. The molecule has 12 heteroatoms. The number of Topliss-reactive ketones (excluding diaryl/α,β-unsaturated/α-hetero) is 4. The van der Waals surface area contributed by atoms with Crippen molar-refractivity contribution in [2.75, 3.05) is 0 Å². The summed E-state index contributed by atoms with van der Waals surface area (Å²) >= 11 is 6.64. The number of thiophene rings is 4. The molecule has 1 fully saturated rings. The molecule has 4 aromatic carbocycles. The van der Waals surface area contributed by atoms with Crippen LogP contribution in [0.5, 0.6) is 0 Å². The van der Waals surface area contributed by atoms with Gasteiger partial charge >= 0.3 is 0 Å². The van der Waals surface area contributed by atoms with E-state index in [2.05, 4.69) is 6.08 Å². The summed E-state index contributed by atoms with van der Waals surface area (Å²) in [6.07, 6.45) is 10.4. The minimum Gasteiger partial charge on any atom is -0.288 e. The minimum absolute atomic E-state index is 0.0201. The highest BCUT2D eigenvalue weighted by Gasteiger charge is 2.46. The molecule has 0 bridgehead atoms. The normalized spacial score (nSPS) is 17.3. The molecule has 1 saturated carbocycles. The van der Waals surface area contributed by atoms with E-state index in [9.17, 15) is 36.7 Å². The first-order valence-electron chi connectivity index (χ1n) is 18.6. The highest BCUT2D eigenvalue weighted by atomic mass is 32.1. The van der Waals surface area contributed by atoms with Gasteiger partial charge in [-0.3, -0.25) is 19.2 Å². The van der Waals surface area contributed by atoms with E-state index in [1.165, 1.54) is 55.3 Å². The van der Waals surface area contributed by atoms with Crippen molar-refractivity contribution in [3.63, 3.8) is 0 Å². The lowest BCUT2D eigenvalue weighted by Gasteiger charge is -2.36. The summed E-state index contributed by atoms with van der Waals surface area (Å²) in [5.74, 6) is -5.79. The van der Waals surface area contributed by atoms with Crippen molar-refractivity contribution >= 4 is 130 Å². The van der Waals surface area contributed by atoms with Gasteiger partial charge in [0.05, 0.1) is 34.6 Å². The SMILES string of the molecule is O=C1C(=CC2=Cc3sc4c(sc5c6sc(C=C7C(=O)c8cc9cc(F)c(F)cc9cc8C7=O)cc6sc45)c3C23CCCCC3)C(=O)c2cc3cc(F)c(F)cc3cc21. The number of halogens is 4. The lowest BCUT2D eigenvalue weighted by molar-refractivity contribution is 0.0974. The van der Waals surface area contributed by atoms with Gasteiger partial charge in [-0.25, -0.2) is 17.6 Å². The van der Waals surface area contributed by atoms with E-state index in [0.717, 1.165) is 85.8 Å². The summed E-state index contributed by atoms with van der Waals surface area (Å²) in [6, 6.07) is 12.0. The van der Waals surface area contributed by atoms with Crippen molar-refractivity contribution in [2.24, 2.45) is 0 Å². The van der Waals surface area contributed by atoms with E-state index in [1.54, 1.807) is 46.2 Å². The molecule has 0 saturated heterocycles. The number of rotatable bonds is 2. The number of carbonyl (C=O) groups is 4. The third kappa shape index (κ3) is 4.59. The number of carbonyl (C=O) groups excluding carboxylic acids is 4. The number of allylic oxidation sites excluding steroid dienone is 4. The standard InChI is InChI=1S/C46H22F4O4S4/c47-30-10-18-6-24-25(7-19(18)11-31(30)48)38(52)28(37(24)51)14-22-15-34-36(46(22)4-2-1-3-5-46)42-44(56-34)45-43(58-42)41-35(57-45)17-23(55-41)16-29-39(53)26-8-20-12-32(49)33(50)13-21(20)9-27(26)40(29)54/h6-17H,1-5H2. The Balaban J connectivity index is 0.922. The molecule has 0 atom stereocenters. The van der Waals surface area contributed by atoms with Gasteiger partial charge in [-0.2, -0.15) is 0 Å². The first-order chi connectivity index (χ1) is 28.0. The van der Waals surface area contributed by atoms with Crippen LogP contribution in [-0.4, -0.2) is 23.1 Å². The predicted molar refractivity (Wildman–Crippen MR) is 224 cm³/mol. The Morgan fingerprint density at radius 3 is 1.47 bits per heavy atom. The highest BCUT2D eigenvalue weighted by molar-refractivity contribution is 7.44. The van der Waals surface area contributed by atoms with Gasteiger partial charge in [0.25, 0.3) is 0 Å². The number of hydrogen-bond acceptors (Lipinski definition) is 8. The summed E-state index contributed by atoms with van der Waals surface area (Å²) in [6.45, 7) is 0. The van der Waals surface area contributed by atoms with Crippen LogP contribution in [-0.2, 0) is 5.41 Å². The lowest BCUT2D eigenvalue weighted by atomic mass is 9.67. The van der Waals surface area contributed by atoms with Gasteiger partial charge in [-0.15, -0.1) is 45.3 Å². The van der Waals surface area contributed by atoms with Crippen molar-refractivity contribution in [1.82, 2.24) is 0 Å². The molecule has 12 rings (SSSR count). The molecule has 0 aliphatic heterocycles. The smallest absolute Gasteiger partial charge is 0.197 e. The summed E-state index contributed by atoms with van der Waals surface area (Å²) in [4.78, 5) is 56.5. The second-order valence-corrected chi connectivity index (χ2v) is 19.6. The Morgan fingerprint density at radius 2 is 0.948 bits per heavy atom. The van der Waals surface area contributed by atoms with Crippen molar-refractivity contribution in [1.29, 1.82) is 0 Å². The Morgan fingerprint density at radius 1 is 0.483 bits per heavy atom. The van der Waals surface area contributed by atoms with Crippen LogP contribution in [0.2, 0.25) is 0 Å². The van der Waals surface area contributed by atoms with Crippen LogP contribution in [0.4, 0.5) is 17.6 Å². The second-order valence-electron chi connectivity index (χ2n) is 15.4. The van der Waals surface area contributed by atoms with Crippen LogP contribution < -0.4 is 0 Å². The Hall–Kier alpha value is -5.40. The van der Waals surface area contributed by atoms with E-state index in [1.807, 2.05) is 6.07 Å². The molecule has 4 heterocycles. The summed E-state index contributed by atoms with van der Waals surface area (Å²) in [5.41, 5.74) is 2.67. The number of ketones is 4. The van der Waals surface area contributed by atoms with E-state index in [4.69, 9.17) is 0 Å². The van der Waals surface area contributed by atoms with Gasteiger partial charge < -0.3 is 0 Å². The quantitative estimate of drug-likeness (QED) is 0.0987. The monoisotopic (exact) mass is 842 g/mol. The number of benzene rings is 4. The van der Waals surface area contributed by atoms with E-state index < -0.39 is 46.4 Å². The molecule has 282 valence electrons. The summed E-state index contributed by atoms with van der Waals surface area (Å²) in [7, 11) is 0. The molecular weight excluding hydrogens is 821 g/mol. The third-order valence-corrected chi connectivity index (χ3v) is 17.5. The topological polar surface area (TPSA) is 68.3 Å². The van der Waals surface area contributed by atoms with Crippen LogP contribution in [0.15, 0.2) is 77.4 Å². The highest BCUT2D eigenvalue weighted by Crippen LogP contribution is 2.61. The molecule has 4 nitrogen and oxygen atoms in total. The Kier molecular flexibility index (Phi) is 7.07. The molecule has 4 aliphatic rings. The molecule has 4 aromatic heterocycles. The molecule has 0 amide bonds. The Bertz CT molecular complexity index is 3330. The van der Waals surface area contributed by atoms with Crippen LogP contribution >= 0.6 is 45.3 Å². The summed E-state index contributed by atoms with van der Waals surface area (Å²) in [5, 5.41) is 1.39. The molecular formula is C46H22F4O4S4. The van der Waals surface area contributed by atoms with Gasteiger partial charge in [0, 0.05) is 42.1 Å². The lowest BCUT2D eigenvalue weighted by Crippen LogP contribution is -2.29. The predicted octanol–water partition coefficient (Wildman–Crippen LogP) is 13.3. The molecule has 0 unspecified atom stereocenters. The van der Waals surface area contributed by atoms with E-state index in [0.29, 0.717) is 21.5 Å². The average molecular weight is 843 g/mol. The van der Waals surface area contributed by atoms with Gasteiger partial charge in [0.1, 0.15) is 0 Å². The van der Waals surface area contributed by atoms with Crippen LogP contribution in [0, 0.1) is 23.3 Å². The van der Waals surface area contributed by atoms with Crippen LogP contribution in [0.3, 0.4) is 0 Å². The van der Waals surface area contributed by atoms with E-state index in [-0.39, 0.29) is 38.8 Å². The van der Waals surface area contributed by atoms with Gasteiger partial charge in [-0.05, 0) is 118 Å². The molecule has 4 aliphatic carbocycles. The second kappa shape index (κ2) is 11.8. The maximum absolute atomic E-state index is 14.1. The minimum atomic E-state index is -1.02. The number of fused-ring (bicyclic) bond motifs is 12. The molecule has 0 N–H and O–H groups in total. The van der Waals surface area contributed by atoms with Crippen molar-refractivity contribution in [3.8, 4) is 0 Å². The zero-order valence-electron chi connectivity index (χ0n) is 29.7. The first-order valence-corrected chi connectivity index (χ1v) is 21.9. The first kappa shape index (κ1) is 34.6. The maximum atomic E-state index is 14.1. The Labute approximate surface area is 341 Å². The fraction of sp³-hybridized carbons (Fsp3) is 0.130. The zero-order chi connectivity index (χ0) is 39.5. The molecule has 58 heavy (non-hydrogen) atoms.